The van der Waals surface area contributed by atoms with Crippen molar-refractivity contribution in [1.29, 1.82) is 0 Å². The van der Waals surface area contributed by atoms with Crippen molar-refractivity contribution < 1.29 is 4.79 Å². The second-order valence-electron chi connectivity index (χ2n) is 1.74. The molecule has 0 aromatic heterocycles. The van der Waals surface area contributed by atoms with Gasteiger partial charge in [0.05, 0.1) is 0 Å². The topological polar surface area (TPSA) is 17.1 Å². The molecule has 1 heteroatoms. The van der Waals surface area contributed by atoms with Gasteiger partial charge in [-0.05, 0) is 12.5 Å². The van der Waals surface area contributed by atoms with Gasteiger partial charge in [-0.15, -0.1) is 0 Å². The summed E-state index contributed by atoms with van der Waals surface area (Å²) in [4.78, 5) is 9.72. The van der Waals surface area contributed by atoms with Crippen LogP contribution < -0.4 is 0 Å². The third kappa shape index (κ3) is 7.15. The zero-order valence-corrected chi connectivity index (χ0v) is 5.71. The second-order valence-corrected chi connectivity index (χ2v) is 1.74. The molecule has 50 valence electrons. The Balaban J connectivity index is 3.23. The average Bonchev–Trinajstić information content (AvgIpc) is 1.89. The van der Waals surface area contributed by atoms with E-state index in [0.29, 0.717) is 0 Å². The molecule has 0 saturated heterocycles. The van der Waals surface area contributed by atoms with Gasteiger partial charge in [0.15, 0.2) is 0 Å². The Kier molecular flexibility index (Phi) is 6.47. The van der Waals surface area contributed by atoms with Gasteiger partial charge in [0, 0.05) is 0 Å². The van der Waals surface area contributed by atoms with Crippen molar-refractivity contribution in [3.63, 3.8) is 0 Å². The fourth-order valence-electron chi connectivity index (χ4n) is 0.451. The second kappa shape index (κ2) is 7.15. The summed E-state index contributed by atoms with van der Waals surface area (Å²) in [5.41, 5.74) is 0. The lowest BCUT2D eigenvalue weighted by Crippen LogP contribution is -1.60. The predicted octanol–water partition coefficient (Wildman–Crippen LogP) is 2.10. The standard InChI is InChI=1S/C8H12O/c1-2-3-4-5-6-7-8-9/h4-8H,2-3H2,1H3. The molecule has 0 aromatic carbocycles. The van der Waals surface area contributed by atoms with Crippen molar-refractivity contribution in [1.82, 2.24) is 0 Å². The smallest absolute Gasteiger partial charge is 0.142 e. The van der Waals surface area contributed by atoms with Gasteiger partial charge in [-0.1, -0.05) is 31.6 Å². The maximum Gasteiger partial charge on any atom is 0.142 e. The van der Waals surface area contributed by atoms with Gasteiger partial charge in [0.2, 0.25) is 0 Å². The quantitative estimate of drug-likeness (QED) is 0.318. The monoisotopic (exact) mass is 124 g/mol. The molecule has 0 radical (unpaired) electrons. The van der Waals surface area contributed by atoms with Crippen LogP contribution in [0.3, 0.4) is 0 Å². The van der Waals surface area contributed by atoms with Crippen molar-refractivity contribution in [2.75, 3.05) is 0 Å². The molecule has 0 aliphatic rings. The summed E-state index contributed by atoms with van der Waals surface area (Å²) in [6.45, 7) is 2.12. The SMILES string of the molecule is CCCC=CC=CC=O. The number of hydrogen-bond acceptors (Lipinski definition) is 1. The molecule has 0 N–H and O–H groups in total. The highest BCUT2D eigenvalue weighted by molar-refractivity contribution is 5.65. The molecule has 0 heterocycles. The molecule has 0 aromatic rings. The van der Waals surface area contributed by atoms with Gasteiger partial charge in [0.1, 0.15) is 6.29 Å². The van der Waals surface area contributed by atoms with Crippen LogP contribution in [0.25, 0.3) is 0 Å². The van der Waals surface area contributed by atoms with E-state index in [2.05, 4.69) is 6.92 Å². The van der Waals surface area contributed by atoms with Gasteiger partial charge in [-0.3, -0.25) is 4.79 Å². The molecule has 0 unspecified atom stereocenters. The number of carbonyl (C=O) groups is 1. The Morgan fingerprint density at radius 2 is 2.00 bits per heavy atom. The van der Waals surface area contributed by atoms with E-state index in [1.54, 1.807) is 6.08 Å². The molecule has 1 nitrogen and oxygen atoms in total. The van der Waals surface area contributed by atoms with Crippen molar-refractivity contribution in [3.8, 4) is 0 Å². The van der Waals surface area contributed by atoms with Crippen molar-refractivity contribution >= 4 is 6.29 Å². The van der Waals surface area contributed by atoms with Crippen LogP contribution in [0.5, 0.6) is 0 Å². The van der Waals surface area contributed by atoms with E-state index >= 15 is 0 Å². The van der Waals surface area contributed by atoms with Crippen molar-refractivity contribution in [2.45, 2.75) is 19.8 Å². The van der Waals surface area contributed by atoms with Gasteiger partial charge < -0.3 is 0 Å². The highest BCUT2D eigenvalue weighted by atomic mass is 16.1. The number of allylic oxidation sites excluding steroid dienone is 4. The Hall–Kier alpha value is -0.850. The average molecular weight is 124 g/mol. The molecule has 0 amide bonds. The summed E-state index contributed by atoms with van der Waals surface area (Å²) < 4.78 is 0. The van der Waals surface area contributed by atoms with E-state index in [4.69, 9.17) is 0 Å². The van der Waals surface area contributed by atoms with E-state index in [1.807, 2.05) is 12.2 Å². The first kappa shape index (κ1) is 8.15. The third-order valence-corrected chi connectivity index (χ3v) is 0.892. The Morgan fingerprint density at radius 1 is 1.22 bits per heavy atom. The fraction of sp³-hybridized carbons (Fsp3) is 0.375. The van der Waals surface area contributed by atoms with Gasteiger partial charge in [0.25, 0.3) is 0 Å². The number of aldehydes is 1. The van der Waals surface area contributed by atoms with E-state index in [9.17, 15) is 4.79 Å². The molecule has 0 fully saturated rings. The number of hydrogen-bond donors (Lipinski definition) is 0. The van der Waals surface area contributed by atoms with E-state index in [0.717, 1.165) is 19.1 Å². The Morgan fingerprint density at radius 3 is 2.56 bits per heavy atom. The Labute approximate surface area is 56.1 Å². The summed E-state index contributed by atoms with van der Waals surface area (Å²) >= 11 is 0. The highest BCUT2D eigenvalue weighted by Gasteiger charge is 1.68. The summed E-state index contributed by atoms with van der Waals surface area (Å²) in [5, 5.41) is 0. The van der Waals surface area contributed by atoms with Crippen LogP contribution >= 0.6 is 0 Å². The summed E-state index contributed by atoms with van der Waals surface area (Å²) in [5.74, 6) is 0. The van der Waals surface area contributed by atoms with Crippen LogP contribution in [0.1, 0.15) is 19.8 Å². The summed E-state index contributed by atoms with van der Waals surface area (Å²) in [6, 6.07) is 0. The molecule has 0 saturated carbocycles. The van der Waals surface area contributed by atoms with Crippen molar-refractivity contribution in [2.24, 2.45) is 0 Å². The summed E-state index contributed by atoms with van der Waals surface area (Å²) in [6.07, 6.45) is 10.2. The van der Waals surface area contributed by atoms with E-state index < -0.39 is 0 Å². The largest absolute Gasteiger partial charge is 0.299 e. The molecule has 0 rings (SSSR count). The molecule has 0 spiro atoms. The number of carbonyl (C=O) groups excluding carboxylic acids is 1. The minimum atomic E-state index is 0.774. The van der Waals surface area contributed by atoms with Crippen LogP contribution in [-0.2, 0) is 4.79 Å². The zero-order chi connectivity index (χ0) is 6.95. The molecule has 0 aliphatic carbocycles. The van der Waals surface area contributed by atoms with Crippen LogP contribution in [0.4, 0.5) is 0 Å². The molecule has 9 heavy (non-hydrogen) atoms. The molecular formula is C8H12O. The van der Waals surface area contributed by atoms with E-state index in [1.165, 1.54) is 6.08 Å². The van der Waals surface area contributed by atoms with E-state index in [-0.39, 0.29) is 0 Å². The fourth-order valence-corrected chi connectivity index (χ4v) is 0.451. The number of unbranched alkanes of at least 4 members (excludes halogenated alkanes) is 1. The third-order valence-electron chi connectivity index (χ3n) is 0.892. The summed E-state index contributed by atoms with van der Waals surface area (Å²) in [7, 11) is 0. The maximum atomic E-state index is 9.72. The van der Waals surface area contributed by atoms with Gasteiger partial charge in [-0.2, -0.15) is 0 Å². The van der Waals surface area contributed by atoms with Gasteiger partial charge >= 0.3 is 0 Å². The van der Waals surface area contributed by atoms with Gasteiger partial charge in [-0.25, -0.2) is 0 Å². The first-order valence-electron chi connectivity index (χ1n) is 3.18. The maximum absolute atomic E-state index is 9.72. The molecule has 0 atom stereocenters. The normalized spacial score (nSPS) is 11.2. The lowest BCUT2D eigenvalue weighted by Gasteiger charge is -1.78. The lowest BCUT2D eigenvalue weighted by atomic mass is 10.3. The highest BCUT2D eigenvalue weighted by Crippen LogP contribution is 1.87. The molecule has 0 aliphatic heterocycles. The first-order valence-corrected chi connectivity index (χ1v) is 3.18. The van der Waals surface area contributed by atoms with Crippen LogP contribution in [0.2, 0.25) is 0 Å². The van der Waals surface area contributed by atoms with Crippen LogP contribution in [-0.4, -0.2) is 6.29 Å². The van der Waals surface area contributed by atoms with Crippen LogP contribution in [0.15, 0.2) is 24.3 Å². The minimum absolute atomic E-state index is 0.774. The van der Waals surface area contributed by atoms with Crippen LogP contribution in [0, 0.1) is 0 Å². The zero-order valence-electron chi connectivity index (χ0n) is 5.71. The molecule has 0 bridgehead atoms. The minimum Gasteiger partial charge on any atom is -0.299 e. The van der Waals surface area contributed by atoms with Crippen molar-refractivity contribution in [3.05, 3.63) is 24.3 Å². The Bertz CT molecular complexity index is 112. The number of rotatable bonds is 4. The molecular weight excluding hydrogens is 112 g/mol. The predicted molar refractivity (Wildman–Crippen MR) is 39.3 cm³/mol. The lowest BCUT2D eigenvalue weighted by molar-refractivity contribution is -0.104. The first-order chi connectivity index (χ1) is 4.41.